The number of nitrogens with two attached hydrogens (primary N) is 1. The van der Waals surface area contributed by atoms with Crippen LogP contribution in [0.1, 0.15) is 25.8 Å². The van der Waals surface area contributed by atoms with Crippen LogP contribution in [0.2, 0.25) is 0 Å². The minimum absolute atomic E-state index is 0.158. The second kappa shape index (κ2) is 6.38. The van der Waals surface area contributed by atoms with Crippen LogP contribution in [-0.4, -0.2) is 19.3 Å². The fourth-order valence-corrected chi connectivity index (χ4v) is 1.68. The molecule has 0 aliphatic carbocycles. The van der Waals surface area contributed by atoms with Gasteiger partial charge in [-0.25, -0.2) is 0 Å². The van der Waals surface area contributed by atoms with Gasteiger partial charge in [-0.05, 0) is 26.0 Å². The highest BCUT2D eigenvalue weighted by Gasteiger charge is 2.16. The molecule has 0 fully saturated rings. The second-order valence-corrected chi connectivity index (χ2v) is 5.43. The van der Waals surface area contributed by atoms with Crippen molar-refractivity contribution in [3.8, 4) is 5.75 Å². The topological polar surface area (TPSA) is 44.5 Å². The van der Waals surface area contributed by atoms with E-state index in [-0.39, 0.29) is 5.60 Å². The summed E-state index contributed by atoms with van der Waals surface area (Å²) in [7, 11) is 1.71. The number of benzene rings is 1. The van der Waals surface area contributed by atoms with E-state index in [1.807, 2.05) is 32.0 Å². The van der Waals surface area contributed by atoms with Crippen molar-refractivity contribution in [3.05, 3.63) is 28.2 Å². The Balaban J connectivity index is 2.59. The van der Waals surface area contributed by atoms with Crippen LogP contribution < -0.4 is 10.5 Å². The van der Waals surface area contributed by atoms with Gasteiger partial charge in [-0.1, -0.05) is 22.0 Å². The maximum absolute atomic E-state index is 5.76. The molecule has 3 nitrogen and oxygen atoms in total. The molecule has 1 aromatic carbocycles. The highest BCUT2D eigenvalue weighted by atomic mass is 79.9. The maximum Gasteiger partial charge on any atom is 0.124 e. The number of methoxy groups -OCH3 is 1. The highest BCUT2D eigenvalue weighted by molar-refractivity contribution is 9.10. The minimum atomic E-state index is -0.158. The Morgan fingerprint density at radius 3 is 2.65 bits per heavy atom. The minimum Gasteiger partial charge on any atom is -0.493 e. The third-order valence-electron chi connectivity index (χ3n) is 2.76. The summed E-state index contributed by atoms with van der Waals surface area (Å²) in [5, 5.41) is 0. The molecule has 0 bridgehead atoms. The van der Waals surface area contributed by atoms with Gasteiger partial charge in [0.25, 0.3) is 0 Å². The monoisotopic (exact) mass is 301 g/mol. The Labute approximate surface area is 111 Å². The molecule has 0 amide bonds. The molecule has 0 radical (unpaired) electrons. The van der Waals surface area contributed by atoms with E-state index in [0.29, 0.717) is 13.2 Å². The Hall–Kier alpha value is -0.580. The summed E-state index contributed by atoms with van der Waals surface area (Å²) in [5.41, 5.74) is 6.52. The predicted octanol–water partition coefficient (Wildman–Crippen LogP) is 3.10. The van der Waals surface area contributed by atoms with Crippen molar-refractivity contribution in [1.29, 1.82) is 0 Å². The van der Waals surface area contributed by atoms with Crippen LogP contribution in [0.3, 0.4) is 0 Å². The predicted molar refractivity (Wildman–Crippen MR) is 73.2 cm³/mol. The van der Waals surface area contributed by atoms with Gasteiger partial charge in [-0.2, -0.15) is 0 Å². The summed E-state index contributed by atoms with van der Waals surface area (Å²) in [6.07, 6.45) is 0.833. The number of halogens is 1. The molecule has 0 aromatic heterocycles. The molecular weight excluding hydrogens is 282 g/mol. The van der Waals surface area contributed by atoms with E-state index >= 15 is 0 Å². The zero-order valence-electron chi connectivity index (χ0n) is 10.6. The van der Waals surface area contributed by atoms with E-state index in [9.17, 15) is 0 Å². The van der Waals surface area contributed by atoms with Crippen LogP contribution in [0.4, 0.5) is 0 Å². The molecule has 0 saturated heterocycles. The molecule has 0 aliphatic rings. The fraction of sp³-hybridized carbons (Fsp3) is 0.538. The van der Waals surface area contributed by atoms with E-state index in [0.717, 1.165) is 22.2 Å². The zero-order chi connectivity index (χ0) is 12.9. The molecule has 4 heteroatoms. The Morgan fingerprint density at radius 1 is 1.35 bits per heavy atom. The summed E-state index contributed by atoms with van der Waals surface area (Å²) >= 11 is 3.43. The summed E-state index contributed by atoms with van der Waals surface area (Å²) in [4.78, 5) is 0. The zero-order valence-corrected chi connectivity index (χ0v) is 12.2. The number of rotatable bonds is 6. The van der Waals surface area contributed by atoms with Gasteiger partial charge >= 0.3 is 0 Å². The van der Waals surface area contributed by atoms with Crippen LogP contribution in [0, 0.1) is 0 Å². The first-order valence-corrected chi connectivity index (χ1v) is 6.44. The van der Waals surface area contributed by atoms with Crippen molar-refractivity contribution < 1.29 is 9.47 Å². The third kappa shape index (κ3) is 4.66. The lowest BCUT2D eigenvalue weighted by Gasteiger charge is -2.23. The van der Waals surface area contributed by atoms with Gasteiger partial charge in [0.05, 0.1) is 12.2 Å². The van der Waals surface area contributed by atoms with Crippen LogP contribution in [0.25, 0.3) is 0 Å². The molecule has 1 rings (SSSR count). The van der Waals surface area contributed by atoms with Crippen molar-refractivity contribution >= 4 is 15.9 Å². The second-order valence-electron chi connectivity index (χ2n) is 4.52. The van der Waals surface area contributed by atoms with Crippen LogP contribution in [-0.2, 0) is 11.3 Å². The summed E-state index contributed by atoms with van der Waals surface area (Å²) in [6.45, 7) is 5.18. The van der Waals surface area contributed by atoms with E-state index in [1.165, 1.54) is 0 Å². The van der Waals surface area contributed by atoms with Crippen molar-refractivity contribution in [2.24, 2.45) is 5.73 Å². The summed E-state index contributed by atoms with van der Waals surface area (Å²) < 4.78 is 12.1. The van der Waals surface area contributed by atoms with E-state index in [2.05, 4.69) is 15.9 Å². The average molecular weight is 302 g/mol. The van der Waals surface area contributed by atoms with Crippen molar-refractivity contribution in [3.63, 3.8) is 0 Å². The lowest BCUT2D eigenvalue weighted by Crippen LogP contribution is -2.25. The first kappa shape index (κ1) is 14.5. The van der Waals surface area contributed by atoms with Gasteiger partial charge in [0.1, 0.15) is 5.75 Å². The molecule has 17 heavy (non-hydrogen) atoms. The van der Waals surface area contributed by atoms with Gasteiger partial charge in [0.15, 0.2) is 0 Å². The summed E-state index contributed by atoms with van der Waals surface area (Å²) in [6, 6.07) is 5.89. The van der Waals surface area contributed by atoms with E-state index in [1.54, 1.807) is 7.11 Å². The smallest absolute Gasteiger partial charge is 0.124 e. The molecule has 0 aliphatic heterocycles. The Bertz CT molecular complexity index is 366. The maximum atomic E-state index is 5.76. The van der Waals surface area contributed by atoms with Crippen LogP contribution in [0.15, 0.2) is 22.7 Å². The lowest BCUT2D eigenvalue weighted by molar-refractivity contribution is 0.00537. The molecular formula is C13H20BrNO2. The van der Waals surface area contributed by atoms with Gasteiger partial charge in [0, 0.05) is 30.1 Å². The van der Waals surface area contributed by atoms with Crippen molar-refractivity contribution in [2.75, 3.05) is 13.7 Å². The first-order valence-electron chi connectivity index (χ1n) is 5.65. The van der Waals surface area contributed by atoms with E-state index in [4.69, 9.17) is 15.2 Å². The first-order chi connectivity index (χ1) is 7.98. The Morgan fingerprint density at radius 2 is 2.06 bits per heavy atom. The van der Waals surface area contributed by atoms with Gasteiger partial charge in [0.2, 0.25) is 0 Å². The highest BCUT2D eigenvalue weighted by Crippen LogP contribution is 2.24. The van der Waals surface area contributed by atoms with Gasteiger partial charge in [-0.15, -0.1) is 0 Å². The van der Waals surface area contributed by atoms with Crippen molar-refractivity contribution in [1.82, 2.24) is 0 Å². The quantitative estimate of drug-likeness (QED) is 0.878. The van der Waals surface area contributed by atoms with Crippen LogP contribution in [0.5, 0.6) is 5.75 Å². The summed E-state index contributed by atoms with van der Waals surface area (Å²) in [5.74, 6) is 0.841. The van der Waals surface area contributed by atoms with Gasteiger partial charge in [-0.3, -0.25) is 0 Å². The molecule has 96 valence electrons. The van der Waals surface area contributed by atoms with Gasteiger partial charge < -0.3 is 15.2 Å². The van der Waals surface area contributed by atoms with E-state index < -0.39 is 0 Å². The number of hydrogen-bond donors (Lipinski definition) is 1. The SMILES string of the molecule is COC(C)(C)CCOc1cc(Br)ccc1CN. The van der Waals surface area contributed by atoms with Crippen LogP contribution >= 0.6 is 15.9 Å². The number of ether oxygens (including phenoxy) is 2. The molecule has 1 aromatic rings. The standard InChI is InChI=1S/C13H20BrNO2/c1-13(2,16-3)6-7-17-12-8-11(14)5-4-10(12)9-15/h4-5,8H,6-7,9,15H2,1-3H3. The third-order valence-corrected chi connectivity index (χ3v) is 3.26. The normalized spacial score (nSPS) is 11.6. The molecule has 0 unspecified atom stereocenters. The largest absolute Gasteiger partial charge is 0.493 e. The van der Waals surface area contributed by atoms with Crippen molar-refractivity contribution in [2.45, 2.75) is 32.4 Å². The molecule has 0 atom stereocenters. The lowest BCUT2D eigenvalue weighted by atomic mass is 10.1. The average Bonchev–Trinajstić information content (AvgIpc) is 2.29. The fourth-order valence-electron chi connectivity index (χ4n) is 1.34. The molecule has 0 heterocycles. The number of hydrogen-bond acceptors (Lipinski definition) is 3. The molecule has 2 N–H and O–H groups in total. The molecule has 0 saturated carbocycles. The Kier molecular flexibility index (Phi) is 5.43. The molecule has 0 spiro atoms.